The maximum Gasteiger partial charge on any atom is 0.237 e. The number of rotatable bonds is 4. The number of hydrogen-bond acceptors (Lipinski definition) is 6. The molecule has 7 heteroatoms. The van der Waals surface area contributed by atoms with E-state index < -0.39 is 0 Å². The fraction of sp³-hybridized carbons (Fsp3) is 0.944. The third-order valence-corrected chi connectivity index (χ3v) is 6.72. The maximum absolute atomic E-state index is 12.5. The standard InChI is InChI=1S/C18H33N5O2/c1-2-16-22-17(23-25-16)12-3-5-13-11(9-12)4-6-14(13)21-18(24)15-7-8-19-10-20-15/h11-17,19-20,22-23H,2-10H2,1H3,(H,21,24)/t11?,12?,13?,14-,15?,16?,17?/m1/s1. The number of amides is 1. The number of fused-ring (bicyclic) bond motifs is 1. The van der Waals surface area contributed by atoms with Crippen LogP contribution in [-0.4, -0.2) is 43.6 Å². The summed E-state index contributed by atoms with van der Waals surface area (Å²) in [6, 6.07) is 0.353. The first-order valence-electron chi connectivity index (χ1n) is 10.2. The summed E-state index contributed by atoms with van der Waals surface area (Å²) >= 11 is 0. The van der Waals surface area contributed by atoms with E-state index in [9.17, 15) is 4.79 Å². The molecule has 7 atom stereocenters. The van der Waals surface area contributed by atoms with Crippen LogP contribution in [0.5, 0.6) is 0 Å². The summed E-state index contributed by atoms with van der Waals surface area (Å²) in [7, 11) is 0. The van der Waals surface area contributed by atoms with E-state index in [2.05, 4.69) is 33.7 Å². The van der Waals surface area contributed by atoms with Crippen molar-refractivity contribution in [3.05, 3.63) is 0 Å². The summed E-state index contributed by atoms with van der Waals surface area (Å²) in [5, 5.41) is 13.4. The number of hydroxylamine groups is 1. The van der Waals surface area contributed by atoms with Crippen LogP contribution >= 0.6 is 0 Å². The zero-order valence-corrected chi connectivity index (χ0v) is 15.2. The molecule has 2 saturated carbocycles. The van der Waals surface area contributed by atoms with E-state index in [1.54, 1.807) is 0 Å². The van der Waals surface area contributed by atoms with Gasteiger partial charge in [0.05, 0.1) is 12.2 Å². The fourth-order valence-electron chi connectivity index (χ4n) is 5.27. The first-order valence-corrected chi connectivity index (χ1v) is 10.2. The Morgan fingerprint density at radius 3 is 2.80 bits per heavy atom. The Labute approximate surface area is 150 Å². The van der Waals surface area contributed by atoms with Gasteiger partial charge in [0, 0.05) is 12.7 Å². The van der Waals surface area contributed by atoms with Gasteiger partial charge in [-0.15, -0.1) is 0 Å². The Morgan fingerprint density at radius 1 is 1.16 bits per heavy atom. The minimum absolute atomic E-state index is 0.0216. The molecule has 0 aromatic heterocycles. The number of carbonyl (C=O) groups is 1. The van der Waals surface area contributed by atoms with Gasteiger partial charge in [-0.2, -0.15) is 5.48 Å². The van der Waals surface area contributed by atoms with Gasteiger partial charge in [-0.05, 0) is 69.2 Å². The molecule has 2 aliphatic heterocycles. The van der Waals surface area contributed by atoms with Gasteiger partial charge >= 0.3 is 0 Å². The first-order chi connectivity index (χ1) is 12.2. The molecule has 0 bridgehead atoms. The highest BCUT2D eigenvalue weighted by atomic mass is 16.7. The topological polar surface area (TPSA) is 86.5 Å². The van der Waals surface area contributed by atoms with Crippen LogP contribution < -0.4 is 26.7 Å². The second kappa shape index (κ2) is 7.88. The third-order valence-electron chi connectivity index (χ3n) is 6.72. The van der Waals surface area contributed by atoms with E-state index in [1.165, 1.54) is 25.7 Å². The van der Waals surface area contributed by atoms with Gasteiger partial charge in [-0.3, -0.25) is 20.3 Å². The lowest BCUT2D eigenvalue weighted by atomic mass is 9.73. The molecule has 2 heterocycles. The Kier molecular flexibility index (Phi) is 5.57. The molecule has 2 aliphatic carbocycles. The van der Waals surface area contributed by atoms with Crippen molar-refractivity contribution >= 4 is 5.91 Å². The minimum Gasteiger partial charge on any atom is -0.352 e. The number of hydrogen-bond donors (Lipinski definition) is 5. The Bertz CT molecular complexity index is 470. The number of carbonyl (C=O) groups excluding carboxylic acids is 1. The predicted octanol–water partition coefficient (Wildman–Crippen LogP) is 0.393. The molecule has 1 amide bonds. The van der Waals surface area contributed by atoms with Gasteiger partial charge in [0.25, 0.3) is 0 Å². The lowest BCUT2D eigenvalue weighted by molar-refractivity contribution is -0.124. The Hall–Kier alpha value is -0.730. The summed E-state index contributed by atoms with van der Waals surface area (Å²) in [6.07, 6.45) is 8.37. The lowest BCUT2D eigenvalue weighted by Gasteiger charge is -2.37. The molecule has 4 aliphatic rings. The normalized spacial score (nSPS) is 44.4. The monoisotopic (exact) mass is 351 g/mol. The summed E-state index contributed by atoms with van der Waals surface area (Å²) in [4.78, 5) is 18.1. The Balaban J connectivity index is 1.28. The second-order valence-corrected chi connectivity index (χ2v) is 8.19. The summed E-state index contributed by atoms with van der Waals surface area (Å²) < 4.78 is 0. The van der Waals surface area contributed by atoms with Gasteiger partial charge in [0.1, 0.15) is 6.23 Å². The zero-order chi connectivity index (χ0) is 17.2. The quantitative estimate of drug-likeness (QED) is 0.504. The molecule has 0 aromatic rings. The molecule has 0 radical (unpaired) electrons. The van der Waals surface area contributed by atoms with Crippen molar-refractivity contribution in [1.29, 1.82) is 0 Å². The van der Waals surface area contributed by atoms with Crippen LogP contribution in [0.2, 0.25) is 0 Å². The Morgan fingerprint density at radius 2 is 2.04 bits per heavy atom. The average molecular weight is 351 g/mol. The fourth-order valence-corrected chi connectivity index (χ4v) is 5.27. The van der Waals surface area contributed by atoms with Crippen LogP contribution in [0.1, 0.15) is 51.9 Å². The maximum atomic E-state index is 12.5. The van der Waals surface area contributed by atoms with Crippen molar-refractivity contribution in [3.63, 3.8) is 0 Å². The van der Waals surface area contributed by atoms with Crippen LogP contribution in [0.3, 0.4) is 0 Å². The van der Waals surface area contributed by atoms with Crippen LogP contribution in [0.4, 0.5) is 0 Å². The van der Waals surface area contributed by atoms with Crippen LogP contribution in [0.25, 0.3) is 0 Å². The van der Waals surface area contributed by atoms with Gasteiger partial charge < -0.3 is 10.6 Å². The SMILES string of the molecule is CCC1NC(C2CCC3C(CC[C@H]3NC(=O)C3CCNCN3)C2)NO1. The highest BCUT2D eigenvalue weighted by molar-refractivity contribution is 5.82. The largest absolute Gasteiger partial charge is 0.352 e. The molecular weight excluding hydrogens is 318 g/mol. The number of nitrogens with one attached hydrogen (secondary N) is 5. The van der Waals surface area contributed by atoms with Crippen LogP contribution in [0.15, 0.2) is 0 Å². The third kappa shape index (κ3) is 3.85. The highest BCUT2D eigenvalue weighted by Crippen LogP contribution is 2.45. The van der Waals surface area contributed by atoms with Crippen LogP contribution in [-0.2, 0) is 9.63 Å². The molecule has 7 nitrogen and oxygen atoms in total. The van der Waals surface area contributed by atoms with Crippen molar-refractivity contribution < 1.29 is 9.63 Å². The van der Waals surface area contributed by atoms with E-state index >= 15 is 0 Å². The molecular formula is C18H33N5O2. The molecule has 0 spiro atoms. The van der Waals surface area contributed by atoms with Crippen molar-refractivity contribution in [1.82, 2.24) is 26.7 Å². The van der Waals surface area contributed by atoms with Gasteiger partial charge in [-0.1, -0.05) is 6.92 Å². The smallest absolute Gasteiger partial charge is 0.237 e. The van der Waals surface area contributed by atoms with E-state index in [-0.39, 0.29) is 18.2 Å². The van der Waals surface area contributed by atoms with E-state index in [0.717, 1.165) is 38.4 Å². The molecule has 25 heavy (non-hydrogen) atoms. The molecule has 6 unspecified atom stereocenters. The second-order valence-electron chi connectivity index (χ2n) is 8.19. The minimum atomic E-state index is -0.0216. The molecule has 142 valence electrons. The van der Waals surface area contributed by atoms with E-state index in [4.69, 9.17) is 4.84 Å². The lowest BCUT2D eigenvalue weighted by Crippen LogP contribution is -2.55. The first kappa shape index (κ1) is 17.7. The van der Waals surface area contributed by atoms with Gasteiger partial charge in [0.2, 0.25) is 5.91 Å². The predicted molar refractivity (Wildman–Crippen MR) is 95.1 cm³/mol. The summed E-state index contributed by atoms with van der Waals surface area (Å²) in [5.74, 6) is 2.24. The van der Waals surface area contributed by atoms with Crippen molar-refractivity contribution in [2.75, 3.05) is 13.2 Å². The van der Waals surface area contributed by atoms with E-state index in [0.29, 0.717) is 24.0 Å². The summed E-state index contributed by atoms with van der Waals surface area (Å²) in [5.41, 5.74) is 3.20. The molecule has 5 N–H and O–H groups in total. The van der Waals surface area contributed by atoms with Crippen LogP contribution in [0, 0.1) is 17.8 Å². The molecule has 4 fully saturated rings. The van der Waals surface area contributed by atoms with Gasteiger partial charge in [0.15, 0.2) is 0 Å². The van der Waals surface area contributed by atoms with E-state index in [1.807, 2.05) is 0 Å². The molecule has 4 rings (SSSR count). The van der Waals surface area contributed by atoms with Crippen molar-refractivity contribution in [2.24, 2.45) is 17.8 Å². The van der Waals surface area contributed by atoms with Crippen molar-refractivity contribution in [3.8, 4) is 0 Å². The van der Waals surface area contributed by atoms with Crippen molar-refractivity contribution in [2.45, 2.75) is 76.3 Å². The van der Waals surface area contributed by atoms with Gasteiger partial charge in [-0.25, -0.2) is 0 Å². The molecule has 0 aromatic carbocycles. The molecule has 2 saturated heterocycles. The zero-order valence-electron chi connectivity index (χ0n) is 15.2. The highest BCUT2D eigenvalue weighted by Gasteiger charge is 2.44. The summed E-state index contributed by atoms with van der Waals surface area (Å²) in [6.45, 7) is 3.80. The average Bonchev–Trinajstić information content (AvgIpc) is 3.29.